The molecule has 0 bridgehead atoms. The molecule has 2 amide bonds. The van der Waals surface area contributed by atoms with Gasteiger partial charge in [0.1, 0.15) is 5.82 Å². The second kappa shape index (κ2) is 7.38. The Bertz CT molecular complexity index is 552. The number of hydrogen-bond acceptors (Lipinski definition) is 2. The van der Waals surface area contributed by atoms with Crippen LogP contribution < -0.4 is 10.6 Å². The second-order valence-electron chi connectivity index (χ2n) is 6.01. The van der Waals surface area contributed by atoms with E-state index in [1.54, 1.807) is 13.0 Å². The van der Waals surface area contributed by atoms with E-state index in [1.807, 2.05) is 0 Å². The van der Waals surface area contributed by atoms with Gasteiger partial charge in [-0.15, -0.1) is 0 Å². The summed E-state index contributed by atoms with van der Waals surface area (Å²) in [4.78, 5) is 23.9. The van der Waals surface area contributed by atoms with E-state index in [4.69, 9.17) is 0 Å². The van der Waals surface area contributed by atoms with Crippen LogP contribution in [0, 0.1) is 18.7 Å². The Balaban J connectivity index is 1.87. The lowest BCUT2D eigenvalue weighted by atomic mass is 9.84. The van der Waals surface area contributed by atoms with Crippen molar-refractivity contribution in [2.45, 2.75) is 52.0 Å². The number of halogens is 1. The molecule has 0 atom stereocenters. The van der Waals surface area contributed by atoms with Crippen molar-refractivity contribution in [3.63, 3.8) is 0 Å². The maximum Gasteiger partial charge on any atom is 0.313 e. The maximum absolute atomic E-state index is 13.2. The Kier molecular flexibility index (Phi) is 5.52. The molecule has 120 valence electrons. The van der Waals surface area contributed by atoms with Crippen LogP contribution in [0.15, 0.2) is 18.2 Å². The van der Waals surface area contributed by atoms with E-state index >= 15 is 0 Å². The molecule has 2 N–H and O–H groups in total. The van der Waals surface area contributed by atoms with Gasteiger partial charge in [0.25, 0.3) is 0 Å². The molecule has 5 heteroatoms. The number of aryl methyl sites for hydroxylation is 1. The molecular weight excluding hydrogens is 283 g/mol. The van der Waals surface area contributed by atoms with Crippen LogP contribution in [0.2, 0.25) is 0 Å². The first-order valence-electron chi connectivity index (χ1n) is 7.87. The van der Waals surface area contributed by atoms with Crippen molar-refractivity contribution in [3.8, 4) is 0 Å². The second-order valence-corrected chi connectivity index (χ2v) is 6.01. The van der Waals surface area contributed by atoms with Gasteiger partial charge in [-0.1, -0.05) is 19.4 Å². The SMILES string of the molecule is CCC1CCC(NC(=O)C(=O)Nc2cc(F)ccc2C)CC1. The van der Waals surface area contributed by atoms with Crippen LogP contribution in [-0.2, 0) is 9.59 Å². The third-order valence-corrected chi connectivity index (χ3v) is 4.41. The van der Waals surface area contributed by atoms with E-state index in [1.165, 1.54) is 18.6 Å². The highest BCUT2D eigenvalue weighted by molar-refractivity contribution is 6.39. The Morgan fingerprint density at radius 2 is 1.86 bits per heavy atom. The van der Waals surface area contributed by atoms with Crippen LogP contribution in [-0.4, -0.2) is 17.9 Å². The van der Waals surface area contributed by atoms with Crippen LogP contribution in [0.25, 0.3) is 0 Å². The Morgan fingerprint density at radius 1 is 1.18 bits per heavy atom. The first kappa shape index (κ1) is 16.5. The fraction of sp³-hybridized carbons (Fsp3) is 0.529. The number of rotatable bonds is 3. The van der Waals surface area contributed by atoms with E-state index in [9.17, 15) is 14.0 Å². The standard InChI is InChI=1S/C17H23FN2O2/c1-3-12-5-8-14(9-6-12)19-16(21)17(22)20-15-10-13(18)7-4-11(15)2/h4,7,10,12,14H,3,5-6,8-9H2,1-2H3,(H,19,21)(H,20,22). The minimum absolute atomic E-state index is 0.0645. The predicted molar refractivity (Wildman–Crippen MR) is 83.9 cm³/mol. The molecule has 0 saturated heterocycles. The van der Waals surface area contributed by atoms with E-state index in [2.05, 4.69) is 17.6 Å². The lowest BCUT2D eigenvalue weighted by Gasteiger charge is -2.28. The third-order valence-electron chi connectivity index (χ3n) is 4.41. The molecule has 1 aromatic carbocycles. The molecule has 0 aromatic heterocycles. The zero-order chi connectivity index (χ0) is 16.1. The summed E-state index contributed by atoms with van der Waals surface area (Å²) in [5.74, 6) is -1.11. The fourth-order valence-electron chi connectivity index (χ4n) is 2.87. The van der Waals surface area contributed by atoms with Crippen molar-refractivity contribution in [1.29, 1.82) is 0 Å². The lowest BCUT2D eigenvalue weighted by molar-refractivity contribution is -0.136. The number of anilines is 1. The minimum atomic E-state index is -0.744. The van der Waals surface area contributed by atoms with Crippen molar-refractivity contribution >= 4 is 17.5 Å². The van der Waals surface area contributed by atoms with Crippen LogP contribution in [0.1, 0.15) is 44.6 Å². The summed E-state index contributed by atoms with van der Waals surface area (Å²) in [6.07, 6.45) is 5.17. The van der Waals surface area contributed by atoms with Crippen LogP contribution >= 0.6 is 0 Å². The average Bonchev–Trinajstić information content (AvgIpc) is 2.51. The Hall–Kier alpha value is -1.91. The van der Waals surface area contributed by atoms with E-state index in [0.717, 1.165) is 31.6 Å². The number of hydrogen-bond donors (Lipinski definition) is 2. The van der Waals surface area contributed by atoms with Crippen LogP contribution in [0.5, 0.6) is 0 Å². The van der Waals surface area contributed by atoms with Crippen molar-refractivity contribution < 1.29 is 14.0 Å². The van der Waals surface area contributed by atoms with Crippen molar-refractivity contribution in [2.75, 3.05) is 5.32 Å². The molecule has 0 aliphatic heterocycles. The number of carbonyl (C=O) groups excluding carboxylic acids is 2. The molecule has 1 aromatic rings. The highest BCUT2D eigenvalue weighted by Crippen LogP contribution is 2.26. The van der Waals surface area contributed by atoms with Crippen molar-refractivity contribution in [1.82, 2.24) is 5.32 Å². The zero-order valence-electron chi connectivity index (χ0n) is 13.1. The quantitative estimate of drug-likeness (QED) is 0.843. The van der Waals surface area contributed by atoms with E-state index in [0.29, 0.717) is 11.3 Å². The van der Waals surface area contributed by atoms with Gasteiger partial charge in [0, 0.05) is 11.7 Å². The van der Waals surface area contributed by atoms with Crippen LogP contribution in [0.4, 0.5) is 10.1 Å². The third kappa shape index (κ3) is 4.29. The maximum atomic E-state index is 13.2. The molecule has 1 aliphatic rings. The van der Waals surface area contributed by atoms with Gasteiger partial charge in [-0.05, 0) is 56.2 Å². The number of benzene rings is 1. The Labute approximate surface area is 130 Å². The number of nitrogens with one attached hydrogen (secondary N) is 2. The fourth-order valence-corrected chi connectivity index (χ4v) is 2.87. The molecule has 22 heavy (non-hydrogen) atoms. The van der Waals surface area contributed by atoms with Gasteiger partial charge in [0.15, 0.2) is 0 Å². The van der Waals surface area contributed by atoms with Crippen molar-refractivity contribution in [2.24, 2.45) is 5.92 Å². The smallest absolute Gasteiger partial charge is 0.313 e. The summed E-state index contributed by atoms with van der Waals surface area (Å²) in [7, 11) is 0. The molecule has 1 fully saturated rings. The molecule has 0 spiro atoms. The lowest BCUT2D eigenvalue weighted by Crippen LogP contribution is -2.43. The van der Waals surface area contributed by atoms with Gasteiger partial charge in [0.05, 0.1) is 0 Å². The van der Waals surface area contributed by atoms with Gasteiger partial charge >= 0.3 is 11.8 Å². The zero-order valence-corrected chi connectivity index (χ0v) is 13.1. The molecular formula is C17H23FN2O2. The average molecular weight is 306 g/mol. The largest absolute Gasteiger partial charge is 0.345 e. The van der Waals surface area contributed by atoms with Gasteiger partial charge in [-0.25, -0.2) is 4.39 Å². The minimum Gasteiger partial charge on any atom is -0.345 e. The molecule has 1 aliphatic carbocycles. The van der Waals surface area contributed by atoms with E-state index in [-0.39, 0.29) is 6.04 Å². The van der Waals surface area contributed by atoms with Crippen LogP contribution in [0.3, 0.4) is 0 Å². The first-order chi connectivity index (χ1) is 10.5. The molecule has 0 heterocycles. The summed E-state index contributed by atoms with van der Waals surface area (Å²) >= 11 is 0. The number of amides is 2. The highest BCUT2D eigenvalue weighted by Gasteiger charge is 2.24. The molecule has 4 nitrogen and oxygen atoms in total. The summed E-state index contributed by atoms with van der Waals surface area (Å²) in [6.45, 7) is 3.93. The van der Waals surface area contributed by atoms with Gasteiger partial charge in [-0.3, -0.25) is 9.59 Å². The summed E-state index contributed by atoms with van der Waals surface area (Å²) in [5, 5.41) is 5.24. The Morgan fingerprint density at radius 3 is 2.50 bits per heavy atom. The summed E-state index contributed by atoms with van der Waals surface area (Å²) < 4.78 is 13.2. The normalized spacial score (nSPS) is 21.2. The van der Waals surface area contributed by atoms with E-state index < -0.39 is 17.6 Å². The first-order valence-corrected chi connectivity index (χ1v) is 7.87. The monoisotopic (exact) mass is 306 g/mol. The molecule has 0 unspecified atom stereocenters. The van der Waals surface area contributed by atoms with Gasteiger partial charge in [-0.2, -0.15) is 0 Å². The topological polar surface area (TPSA) is 58.2 Å². The summed E-state index contributed by atoms with van der Waals surface area (Å²) in [6, 6.07) is 4.16. The molecule has 0 radical (unpaired) electrons. The highest BCUT2D eigenvalue weighted by atomic mass is 19.1. The molecule has 1 saturated carbocycles. The van der Waals surface area contributed by atoms with Crippen molar-refractivity contribution in [3.05, 3.63) is 29.6 Å². The summed E-state index contributed by atoms with van der Waals surface area (Å²) in [5.41, 5.74) is 1.04. The predicted octanol–water partition coefficient (Wildman–Crippen LogP) is 3.16. The van der Waals surface area contributed by atoms with Gasteiger partial charge < -0.3 is 10.6 Å². The van der Waals surface area contributed by atoms with Gasteiger partial charge in [0.2, 0.25) is 0 Å². The molecule has 2 rings (SSSR count). The number of carbonyl (C=O) groups is 2.